The highest BCUT2D eigenvalue weighted by Crippen LogP contribution is 2.36. The zero-order chi connectivity index (χ0) is 11.5. The standard InChI is InChI=1S/C13H15ClO2/c1-16-12-8-10(14)6-7-11(12)13(15)9-4-2-3-5-9/h4,6-8,13,15H,2-3,5H2,1H3. The molecule has 1 aromatic carbocycles. The molecule has 0 saturated heterocycles. The Bertz CT molecular complexity index is 412. The number of benzene rings is 1. The molecule has 3 heteroatoms. The molecule has 1 N–H and O–H groups in total. The first-order valence-corrected chi connectivity index (χ1v) is 5.80. The normalized spacial score (nSPS) is 17.1. The SMILES string of the molecule is COc1cc(Cl)ccc1C(O)C1=CCCC1. The molecule has 1 aliphatic carbocycles. The second-order valence-electron chi connectivity index (χ2n) is 3.96. The average Bonchev–Trinajstić information content (AvgIpc) is 2.81. The first-order valence-electron chi connectivity index (χ1n) is 5.43. The third-order valence-corrected chi connectivity index (χ3v) is 3.15. The minimum absolute atomic E-state index is 0.560. The van der Waals surface area contributed by atoms with E-state index in [4.69, 9.17) is 16.3 Å². The zero-order valence-corrected chi connectivity index (χ0v) is 10.00. The van der Waals surface area contributed by atoms with Gasteiger partial charge in [0.1, 0.15) is 11.9 Å². The lowest BCUT2D eigenvalue weighted by Crippen LogP contribution is -2.02. The van der Waals surface area contributed by atoms with E-state index in [1.54, 1.807) is 19.2 Å². The van der Waals surface area contributed by atoms with Gasteiger partial charge in [-0.25, -0.2) is 0 Å². The number of allylic oxidation sites excluding steroid dienone is 1. The van der Waals surface area contributed by atoms with Gasteiger partial charge in [-0.1, -0.05) is 23.7 Å². The summed E-state index contributed by atoms with van der Waals surface area (Å²) in [5.41, 5.74) is 1.88. The number of rotatable bonds is 3. The topological polar surface area (TPSA) is 29.5 Å². The van der Waals surface area contributed by atoms with E-state index >= 15 is 0 Å². The van der Waals surface area contributed by atoms with Crippen molar-refractivity contribution in [3.05, 3.63) is 40.4 Å². The fourth-order valence-corrected chi connectivity index (χ4v) is 2.22. The van der Waals surface area contributed by atoms with Crippen LogP contribution in [0.3, 0.4) is 0 Å². The molecular formula is C13H15ClO2. The van der Waals surface area contributed by atoms with E-state index < -0.39 is 6.10 Å². The van der Waals surface area contributed by atoms with Gasteiger partial charge in [-0.3, -0.25) is 0 Å². The predicted octanol–water partition coefficient (Wildman–Crippen LogP) is 3.49. The molecule has 1 aliphatic rings. The largest absolute Gasteiger partial charge is 0.496 e. The van der Waals surface area contributed by atoms with Crippen LogP contribution in [0.5, 0.6) is 5.75 Å². The van der Waals surface area contributed by atoms with Crippen molar-refractivity contribution >= 4 is 11.6 Å². The Kier molecular flexibility index (Phi) is 3.52. The van der Waals surface area contributed by atoms with Gasteiger partial charge >= 0.3 is 0 Å². The fraction of sp³-hybridized carbons (Fsp3) is 0.385. The Balaban J connectivity index is 2.31. The molecule has 0 aliphatic heterocycles. The van der Waals surface area contributed by atoms with Crippen LogP contribution in [0.1, 0.15) is 30.9 Å². The van der Waals surface area contributed by atoms with Gasteiger partial charge in [0.05, 0.1) is 7.11 Å². The van der Waals surface area contributed by atoms with Crippen LogP contribution in [0.2, 0.25) is 5.02 Å². The van der Waals surface area contributed by atoms with Gasteiger partial charge in [0.15, 0.2) is 0 Å². The van der Waals surface area contributed by atoms with Crippen molar-refractivity contribution in [1.82, 2.24) is 0 Å². The molecule has 0 fully saturated rings. The van der Waals surface area contributed by atoms with E-state index in [1.165, 1.54) is 0 Å². The van der Waals surface area contributed by atoms with Crippen molar-refractivity contribution in [2.24, 2.45) is 0 Å². The Morgan fingerprint density at radius 2 is 2.25 bits per heavy atom. The van der Waals surface area contributed by atoms with Crippen LogP contribution in [0.4, 0.5) is 0 Å². The molecule has 1 aromatic rings. The number of hydrogen-bond donors (Lipinski definition) is 1. The number of aliphatic hydroxyl groups excluding tert-OH is 1. The summed E-state index contributed by atoms with van der Waals surface area (Å²) >= 11 is 5.88. The van der Waals surface area contributed by atoms with Crippen LogP contribution in [-0.4, -0.2) is 12.2 Å². The summed E-state index contributed by atoms with van der Waals surface area (Å²) in [5.74, 6) is 0.646. The molecule has 1 atom stereocenters. The van der Waals surface area contributed by atoms with E-state index in [0.717, 1.165) is 30.4 Å². The first kappa shape index (κ1) is 11.5. The quantitative estimate of drug-likeness (QED) is 0.817. The van der Waals surface area contributed by atoms with Gasteiger partial charge < -0.3 is 9.84 Å². The maximum atomic E-state index is 10.2. The lowest BCUT2D eigenvalue weighted by Gasteiger charge is -2.16. The lowest BCUT2D eigenvalue weighted by atomic mass is 10.0. The lowest BCUT2D eigenvalue weighted by molar-refractivity contribution is 0.207. The van der Waals surface area contributed by atoms with Crippen LogP contribution >= 0.6 is 11.6 Å². The van der Waals surface area contributed by atoms with E-state index in [2.05, 4.69) is 6.08 Å². The van der Waals surface area contributed by atoms with Crippen molar-refractivity contribution in [2.75, 3.05) is 7.11 Å². The summed E-state index contributed by atoms with van der Waals surface area (Å²) < 4.78 is 5.24. The van der Waals surface area contributed by atoms with Crippen molar-refractivity contribution in [2.45, 2.75) is 25.4 Å². The van der Waals surface area contributed by atoms with Gasteiger partial charge in [0.2, 0.25) is 0 Å². The van der Waals surface area contributed by atoms with Crippen LogP contribution < -0.4 is 4.74 Å². The van der Waals surface area contributed by atoms with Crippen molar-refractivity contribution in [3.63, 3.8) is 0 Å². The first-order chi connectivity index (χ1) is 7.72. The molecule has 0 amide bonds. The third kappa shape index (κ3) is 2.23. The molecule has 2 rings (SSSR count). The molecule has 0 aromatic heterocycles. The predicted molar refractivity (Wildman–Crippen MR) is 64.9 cm³/mol. The number of halogens is 1. The second kappa shape index (κ2) is 4.89. The van der Waals surface area contributed by atoms with Gasteiger partial charge in [-0.15, -0.1) is 0 Å². The highest BCUT2D eigenvalue weighted by molar-refractivity contribution is 6.30. The van der Waals surface area contributed by atoms with Gasteiger partial charge in [0.25, 0.3) is 0 Å². The second-order valence-corrected chi connectivity index (χ2v) is 4.40. The highest BCUT2D eigenvalue weighted by Gasteiger charge is 2.19. The third-order valence-electron chi connectivity index (χ3n) is 2.92. The minimum Gasteiger partial charge on any atom is -0.496 e. The molecule has 0 heterocycles. The molecule has 86 valence electrons. The van der Waals surface area contributed by atoms with Crippen LogP contribution in [-0.2, 0) is 0 Å². The number of aliphatic hydroxyl groups is 1. The van der Waals surface area contributed by atoms with Crippen LogP contribution in [0.15, 0.2) is 29.8 Å². The molecule has 1 unspecified atom stereocenters. The molecule has 0 bridgehead atoms. The van der Waals surface area contributed by atoms with Gasteiger partial charge in [0, 0.05) is 10.6 Å². The maximum absolute atomic E-state index is 10.2. The molecule has 16 heavy (non-hydrogen) atoms. The summed E-state index contributed by atoms with van der Waals surface area (Å²) in [6.07, 6.45) is 4.70. The van der Waals surface area contributed by atoms with Crippen molar-refractivity contribution < 1.29 is 9.84 Å². The molecule has 2 nitrogen and oxygen atoms in total. The maximum Gasteiger partial charge on any atom is 0.126 e. The molecule has 0 saturated carbocycles. The summed E-state index contributed by atoms with van der Waals surface area (Å²) in [4.78, 5) is 0. The fourth-order valence-electron chi connectivity index (χ4n) is 2.05. The van der Waals surface area contributed by atoms with Crippen molar-refractivity contribution in [1.29, 1.82) is 0 Å². The Morgan fingerprint density at radius 3 is 2.88 bits per heavy atom. The summed E-state index contributed by atoms with van der Waals surface area (Å²) in [7, 11) is 1.59. The van der Waals surface area contributed by atoms with E-state index in [0.29, 0.717) is 10.8 Å². The van der Waals surface area contributed by atoms with Gasteiger partial charge in [-0.05, 0) is 37.0 Å². The smallest absolute Gasteiger partial charge is 0.126 e. The Labute approximate surface area is 101 Å². The van der Waals surface area contributed by atoms with Crippen LogP contribution in [0, 0.1) is 0 Å². The van der Waals surface area contributed by atoms with E-state index in [9.17, 15) is 5.11 Å². The van der Waals surface area contributed by atoms with E-state index in [1.807, 2.05) is 6.07 Å². The highest BCUT2D eigenvalue weighted by atomic mass is 35.5. The number of methoxy groups -OCH3 is 1. The summed E-state index contributed by atoms with van der Waals surface area (Å²) in [5, 5.41) is 10.9. The van der Waals surface area contributed by atoms with Crippen molar-refractivity contribution in [3.8, 4) is 5.75 Å². The Hall–Kier alpha value is -0.990. The summed E-state index contributed by atoms with van der Waals surface area (Å²) in [6.45, 7) is 0. The molecule has 0 radical (unpaired) electrons. The zero-order valence-electron chi connectivity index (χ0n) is 9.24. The van der Waals surface area contributed by atoms with E-state index in [-0.39, 0.29) is 0 Å². The van der Waals surface area contributed by atoms with Gasteiger partial charge in [-0.2, -0.15) is 0 Å². The number of hydrogen-bond acceptors (Lipinski definition) is 2. The molecule has 0 spiro atoms. The average molecular weight is 239 g/mol. The monoisotopic (exact) mass is 238 g/mol. The minimum atomic E-state index is -0.560. The summed E-state index contributed by atoms with van der Waals surface area (Å²) in [6, 6.07) is 5.33. The van der Waals surface area contributed by atoms with Crippen LogP contribution in [0.25, 0.3) is 0 Å². The molecular weight excluding hydrogens is 224 g/mol. The number of ether oxygens (including phenoxy) is 1. The Morgan fingerprint density at radius 1 is 1.44 bits per heavy atom.